The molecule has 0 aromatic heterocycles. The fourth-order valence-electron chi connectivity index (χ4n) is 2.71. The molecule has 3 nitrogen and oxygen atoms in total. The highest BCUT2D eigenvalue weighted by molar-refractivity contribution is 5.50. The van der Waals surface area contributed by atoms with Crippen LogP contribution in [0.4, 0.5) is 5.69 Å². The number of hydrogen-bond acceptors (Lipinski definition) is 3. The van der Waals surface area contributed by atoms with Crippen molar-refractivity contribution in [2.75, 3.05) is 24.6 Å². The summed E-state index contributed by atoms with van der Waals surface area (Å²) in [6.07, 6.45) is 3.62. The van der Waals surface area contributed by atoms with Crippen molar-refractivity contribution >= 4 is 5.69 Å². The van der Waals surface area contributed by atoms with Crippen LogP contribution in [0.2, 0.25) is 0 Å². The third-order valence-electron chi connectivity index (χ3n) is 3.67. The van der Waals surface area contributed by atoms with Crippen LogP contribution in [0.15, 0.2) is 35.9 Å². The summed E-state index contributed by atoms with van der Waals surface area (Å²) in [7, 11) is 0. The monoisotopic (exact) mass is 284 g/mol. The van der Waals surface area contributed by atoms with Crippen molar-refractivity contribution in [3.05, 3.63) is 41.5 Å². The summed E-state index contributed by atoms with van der Waals surface area (Å²) < 4.78 is 6.00. The van der Waals surface area contributed by atoms with Gasteiger partial charge < -0.3 is 9.64 Å². The quantitative estimate of drug-likeness (QED) is 0.772. The van der Waals surface area contributed by atoms with E-state index in [9.17, 15) is 0 Å². The van der Waals surface area contributed by atoms with Crippen LogP contribution in [-0.4, -0.2) is 25.8 Å². The number of benzene rings is 1. The minimum absolute atomic E-state index is 0.302. The molecular weight excluding hydrogens is 260 g/mol. The van der Waals surface area contributed by atoms with E-state index in [1.54, 1.807) is 0 Å². The fraction of sp³-hybridized carbons (Fsp3) is 0.500. The number of nitrogens with zero attached hydrogens (tertiary/aromatic N) is 2. The van der Waals surface area contributed by atoms with Crippen molar-refractivity contribution in [1.82, 2.24) is 0 Å². The number of anilines is 1. The van der Waals surface area contributed by atoms with Gasteiger partial charge in [0.25, 0.3) is 0 Å². The van der Waals surface area contributed by atoms with Crippen LogP contribution in [0.5, 0.6) is 0 Å². The molecule has 1 heterocycles. The van der Waals surface area contributed by atoms with Gasteiger partial charge in [-0.1, -0.05) is 25.5 Å². The van der Waals surface area contributed by atoms with Gasteiger partial charge in [0.2, 0.25) is 0 Å². The van der Waals surface area contributed by atoms with Gasteiger partial charge >= 0.3 is 0 Å². The Kier molecular flexibility index (Phi) is 5.41. The Balaban J connectivity index is 1.84. The van der Waals surface area contributed by atoms with E-state index in [1.165, 1.54) is 11.3 Å². The Morgan fingerprint density at radius 3 is 2.76 bits per heavy atom. The van der Waals surface area contributed by atoms with Crippen LogP contribution in [0.25, 0.3) is 0 Å². The molecule has 0 bridgehead atoms. The maximum Gasteiger partial charge on any atom is 0.0991 e. The van der Waals surface area contributed by atoms with Gasteiger partial charge in [0.15, 0.2) is 0 Å². The van der Waals surface area contributed by atoms with Crippen molar-refractivity contribution in [1.29, 1.82) is 5.26 Å². The molecule has 21 heavy (non-hydrogen) atoms. The molecule has 0 aliphatic carbocycles. The number of ether oxygens (including phenoxy) is 1. The van der Waals surface area contributed by atoms with E-state index < -0.39 is 0 Å². The van der Waals surface area contributed by atoms with Crippen LogP contribution >= 0.6 is 0 Å². The molecule has 112 valence electrons. The third kappa shape index (κ3) is 4.61. The van der Waals surface area contributed by atoms with E-state index in [2.05, 4.69) is 37.8 Å². The lowest BCUT2D eigenvalue weighted by molar-refractivity contribution is 0.0856. The van der Waals surface area contributed by atoms with E-state index >= 15 is 0 Å². The Bertz CT molecular complexity index is 525. The average Bonchev–Trinajstić information content (AvgIpc) is 2.93. The highest BCUT2D eigenvalue weighted by Gasteiger charge is 2.23. The Hall–Kier alpha value is -1.79. The zero-order valence-electron chi connectivity index (χ0n) is 13.2. The minimum Gasteiger partial charge on any atom is -0.372 e. The first kappa shape index (κ1) is 15.6. The Labute approximate surface area is 127 Å². The van der Waals surface area contributed by atoms with Crippen molar-refractivity contribution < 1.29 is 4.74 Å². The van der Waals surface area contributed by atoms with E-state index in [-0.39, 0.29) is 0 Å². The molecule has 1 aromatic rings. The van der Waals surface area contributed by atoms with Crippen LogP contribution in [-0.2, 0) is 4.74 Å². The summed E-state index contributed by atoms with van der Waals surface area (Å²) in [5.74, 6) is 0.576. The summed E-state index contributed by atoms with van der Waals surface area (Å²) in [5.41, 5.74) is 3.19. The van der Waals surface area contributed by atoms with Gasteiger partial charge in [-0.3, -0.25) is 0 Å². The molecule has 1 atom stereocenters. The van der Waals surface area contributed by atoms with Gasteiger partial charge in [-0.2, -0.15) is 5.26 Å². The first-order chi connectivity index (χ1) is 10.1. The molecular formula is C18H24N2O. The zero-order chi connectivity index (χ0) is 15.2. The highest BCUT2D eigenvalue weighted by atomic mass is 16.5. The van der Waals surface area contributed by atoms with Crippen molar-refractivity contribution in [3.8, 4) is 6.07 Å². The van der Waals surface area contributed by atoms with E-state index in [1.807, 2.05) is 24.3 Å². The molecule has 0 N–H and O–H groups in total. The van der Waals surface area contributed by atoms with E-state index in [0.717, 1.165) is 26.1 Å². The second kappa shape index (κ2) is 7.28. The van der Waals surface area contributed by atoms with E-state index in [4.69, 9.17) is 10.00 Å². The van der Waals surface area contributed by atoms with Crippen LogP contribution in [0, 0.1) is 17.2 Å². The first-order valence-electron chi connectivity index (χ1n) is 7.62. The summed E-state index contributed by atoms with van der Waals surface area (Å²) in [6.45, 7) is 9.18. The van der Waals surface area contributed by atoms with Crippen LogP contribution < -0.4 is 4.90 Å². The third-order valence-corrected chi connectivity index (χ3v) is 3.67. The smallest absolute Gasteiger partial charge is 0.0991 e. The largest absolute Gasteiger partial charge is 0.372 e. The second-order valence-corrected chi connectivity index (χ2v) is 6.08. The second-order valence-electron chi connectivity index (χ2n) is 6.08. The molecule has 1 saturated heterocycles. The number of allylic oxidation sites excluding steroid dienone is 1. The molecule has 1 aliphatic heterocycles. The van der Waals surface area contributed by atoms with Gasteiger partial charge in [0.05, 0.1) is 24.3 Å². The van der Waals surface area contributed by atoms with Gasteiger partial charge in [0.1, 0.15) is 0 Å². The molecule has 0 amide bonds. The summed E-state index contributed by atoms with van der Waals surface area (Å²) >= 11 is 0. The summed E-state index contributed by atoms with van der Waals surface area (Å²) in [6, 6.07) is 9.94. The molecule has 2 rings (SSSR count). The Morgan fingerprint density at radius 1 is 1.43 bits per heavy atom. The SMILES string of the molecule is C/C(=C/C(C)C)COC1CCN(c2ccc(C#N)cc2)C1. The van der Waals surface area contributed by atoms with E-state index in [0.29, 0.717) is 17.6 Å². The van der Waals surface area contributed by atoms with Crippen molar-refractivity contribution in [2.45, 2.75) is 33.3 Å². The lowest BCUT2D eigenvalue weighted by Crippen LogP contribution is -2.23. The standard InChI is InChI=1S/C18H24N2O/c1-14(2)10-15(3)13-21-18-8-9-20(12-18)17-6-4-16(11-19)5-7-17/h4-7,10,14,18H,8-9,12-13H2,1-3H3/b15-10-. The molecule has 1 aliphatic rings. The topological polar surface area (TPSA) is 36.3 Å². The summed E-state index contributed by atoms with van der Waals surface area (Å²) in [4.78, 5) is 2.33. The minimum atomic E-state index is 0.302. The highest BCUT2D eigenvalue weighted by Crippen LogP contribution is 2.22. The average molecular weight is 284 g/mol. The van der Waals surface area contributed by atoms with Crippen molar-refractivity contribution in [3.63, 3.8) is 0 Å². The van der Waals surface area contributed by atoms with Gasteiger partial charge in [-0.15, -0.1) is 0 Å². The maximum absolute atomic E-state index is 8.83. The maximum atomic E-state index is 8.83. The van der Waals surface area contributed by atoms with Gasteiger partial charge in [0, 0.05) is 18.8 Å². The number of rotatable bonds is 5. The number of hydrogen-bond donors (Lipinski definition) is 0. The van der Waals surface area contributed by atoms with Crippen molar-refractivity contribution in [2.24, 2.45) is 5.92 Å². The van der Waals surface area contributed by atoms with Crippen LogP contribution in [0.1, 0.15) is 32.8 Å². The fourth-order valence-corrected chi connectivity index (χ4v) is 2.71. The predicted molar refractivity (Wildman–Crippen MR) is 86.3 cm³/mol. The molecule has 3 heteroatoms. The van der Waals surface area contributed by atoms with Crippen LogP contribution in [0.3, 0.4) is 0 Å². The lowest BCUT2D eigenvalue weighted by atomic mass is 10.1. The zero-order valence-corrected chi connectivity index (χ0v) is 13.2. The van der Waals surface area contributed by atoms with Gasteiger partial charge in [-0.25, -0.2) is 0 Å². The lowest BCUT2D eigenvalue weighted by Gasteiger charge is -2.19. The Morgan fingerprint density at radius 2 is 2.14 bits per heavy atom. The predicted octanol–water partition coefficient (Wildman–Crippen LogP) is 3.76. The molecule has 0 saturated carbocycles. The normalized spacial score (nSPS) is 19.1. The molecule has 1 unspecified atom stereocenters. The summed E-state index contributed by atoms with van der Waals surface area (Å²) in [5, 5.41) is 8.83. The molecule has 1 fully saturated rings. The molecule has 0 spiro atoms. The first-order valence-corrected chi connectivity index (χ1v) is 7.62. The molecule has 1 aromatic carbocycles. The van der Waals surface area contributed by atoms with Gasteiger partial charge in [-0.05, 0) is 43.5 Å². The molecule has 0 radical (unpaired) electrons. The number of nitriles is 1.